The molecule has 0 saturated heterocycles. The lowest BCUT2D eigenvalue weighted by molar-refractivity contribution is -0.309. The molecule has 19 heavy (non-hydrogen) atoms. The van der Waals surface area contributed by atoms with Crippen LogP contribution >= 0.6 is 0 Å². The molecule has 0 rings (SSSR count). The molecule has 0 aromatic rings. The third kappa shape index (κ3) is 12.4. The third-order valence-electron chi connectivity index (χ3n) is 3.75. The second-order valence-electron chi connectivity index (χ2n) is 5.58. The van der Waals surface area contributed by atoms with Gasteiger partial charge in [0.15, 0.2) is 0 Å². The van der Waals surface area contributed by atoms with Crippen LogP contribution in [0.1, 0.15) is 97.8 Å². The standard InChI is InChI=1S/C17H35N.H2O/c1-4-7-10-13-16(14-11-8-5-2)17(18)15-12-9-6-3;/h4-15,18H2,1-3H3;1H2. The second-order valence-corrected chi connectivity index (χ2v) is 5.58. The average Bonchev–Trinajstić information content (AvgIpc) is 2.37. The summed E-state index contributed by atoms with van der Waals surface area (Å²) < 4.78 is 0. The molecule has 2 nitrogen and oxygen atoms in total. The minimum absolute atomic E-state index is 0. The SMILES string of the molecule is CCCCCC([NH3+])=C(CCCCC)CCCCC.[OH-]. The molecule has 0 amide bonds. The maximum atomic E-state index is 4.35. The number of unbranched alkanes of at least 4 members (excludes halogenated alkanes) is 6. The molecule has 0 radical (unpaired) electrons. The summed E-state index contributed by atoms with van der Waals surface area (Å²) in [7, 11) is 0. The fourth-order valence-corrected chi connectivity index (χ4v) is 2.42. The Morgan fingerprint density at radius 1 is 0.632 bits per heavy atom. The molecule has 0 bridgehead atoms. The molecule has 0 aromatic heterocycles. The Kier molecular flexibility index (Phi) is 17.3. The molecule has 0 saturated carbocycles. The first-order chi connectivity index (χ1) is 8.76. The Morgan fingerprint density at radius 2 is 1.00 bits per heavy atom. The highest BCUT2D eigenvalue weighted by Gasteiger charge is 2.07. The van der Waals surface area contributed by atoms with Gasteiger partial charge in [-0.15, -0.1) is 0 Å². The molecule has 0 aliphatic carbocycles. The van der Waals surface area contributed by atoms with Crippen LogP contribution in [0, 0.1) is 0 Å². The highest BCUT2D eigenvalue weighted by molar-refractivity contribution is 5.06. The van der Waals surface area contributed by atoms with Gasteiger partial charge in [-0.05, 0) is 37.7 Å². The Bertz CT molecular complexity index is 199. The summed E-state index contributed by atoms with van der Waals surface area (Å²) >= 11 is 0. The minimum atomic E-state index is 0. The van der Waals surface area contributed by atoms with Gasteiger partial charge < -0.3 is 11.2 Å². The first-order valence-electron chi connectivity index (χ1n) is 8.29. The predicted molar refractivity (Wildman–Crippen MR) is 84.3 cm³/mol. The summed E-state index contributed by atoms with van der Waals surface area (Å²) in [5.41, 5.74) is 7.50. The van der Waals surface area contributed by atoms with Crippen molar-refractivity contribution in [1.82, 2.24) is 0 Å². The van der Waals surface area contributed by atoms with Crippen molar-refractivity contribution in [2.45, 2.75) is 97.8 Å². The van der Waals surface area contributed by atoms with Crippen LogP contribution in [-0.4, -0.2) is 5.48 Å². The van der Waals surface area contributed by atoms with Crippen molar-refractivity contribution in [2.75, 3.05) is 0 Å². The topological polar surface area (TPSA) is 57.6 Å². The zero-order chi connectivity index (χ0) is 13.6. The summed E-state index contributed by atoms with van der Waals surface area (Å²) in [5.74, 6) is 0. The Hall–Kier alpha value is -0.340. The minimum Gasteiger partial charge on any atom is -0.870 e. The normalized spacial score (nSPS) is 10.1. The van der Waals surface area contributed by atoms with Crippen molar-refractivity contribution in [3.63, 3.8) is 0 Å². The lowest BCUT2D eigenvalue weighted by Crippen LogP contribution is -2.48. The predicted octanol–water partition coefficient (Wildman–Crippen LogP) is 5.05. The zero-order valence-corrected chi connectivity index (χ0v) is 13.6. The van der Waals surface area contributed by atoms with Gasteiger partial charge in [-0.2, -0.15) is 0 Å². The van der Waals surface area contributed by atoms with E-state index in [9.17, 15) is 0 Å². The first-order valence-corrected chi connectivity index (χ1v) is 8.29. The van der Waals surface area contributed by atoms with Crippen LogP contribution in [-0.2, 0) is 0 Å². The molecule has 0 aromatic carbocycles. The maximum absolute atomic E-state index is 4.35. The number of rotatable bonds is 12. The fraction of sp³-hybridized carbons (Fsp3) is 0.882. The smallest absolute Gasteiger partial charge is 0.103 e. The summed E-state index contributed by atoms with van der Waals surface area (Å²) in [4.78, 5) is 0. The van der Waals surface area contributed by atoms with Gasteiger partial charge in [0.2, 0.25) is 0 Å². The van der Waals surface area contributed by atoms with E-state index >= 15 is 0 Å². The summed E-state index contributed by atoms with van der Waals surface area (Å²) in [6.45, 7) is 6.84. The van der Waals surface area contributed by atoms with E-state index in [0.717, 1.165) is 0 Å². The van der Waals surface area contributed by atoms with Crippen molar-refractivity contribution in [3.8, 4) is 0 Å². The molecule has 0 heterocycles. The number of quaternary nitrogens is 1. The highest BCUT2D eigenvalue weighted by Crippen LogP contribution is 2.20. The largest absolute Gasteiger partial charge is 0.870 e. The van der Waals surface area contributed by atoms with Crippen LogP contribution < -0.4 is 5.73 Å². The zero-order valence-electron chi connectivity index (χ0n) is 13.6. The molecule has 0 unspecified atom stereocenters. The van der Waals surface area contributed by atoms with E-state index in [1.807, 2.05) is 0 Å². The van der Waals surface area contributed by atoms with Crippen molar-refractivity contribution >= 4 is 0 Å². The quantitative estimate of drug-likeness (QED) is 0.496. The van der Waals surface area contributed by atoms with Gasteiger partial charge in [-0.25, -0.2) is 0 Å². The van der Waals surface area contributed by atoms with Crippen LogP contribution in [0.15, 0.2) is 11.3 Å². The van der Waals surface area contributed by atoms with Crippen LogP contribution in [0.25, 0.3) is 0 Å². The fourth-order valence-electron chi connectivity index (χ4n) is 2.42. The number of hydrogen-bond acceptors (Lipinski definition) is 1. The van der Waals surface area contributed by atoms with Crippen molar-refractivity contribution in [2.24, 2.45) is 0 Å². The van der Waals surface area contributed by atoms with E-state index in [1.54, 1.807) is 5.57 Å². The van der Waals surface area contributed by atoms with Gasteiger partial charge in [-0.1, -0.05) is 59.3 Å². The molecule has 0 aliphatic heterocycles. The lowest BCUT2D eigenvalue weighted by Gasteiger charge is -2.09. The molecule has 0 fully saturated rings. The van der Waals surface area contributed by atoms with Gasteiger partial charge in [0, 0.05) is 6.42 Å². The summed E-state index contributed by atoms with van der Waals surface area (Å²) in [6.07, 6.45) is 16.0. The summed E-state index contributed by atoms with van der Waals surface area (Å²) in [6, 6.07) is 0. The first kappa shape index (κ1) is 21.0. The van der Waals surface area contributed by atoms with Crippen LogP contribution in [0.3, 0.4) is 0 Å². The molecule has 0 spiro atoms. The molecule has 0 atom stereocenters. The van der Waals surface area contributed by atoms with Gasteiger partial charge >= 0.3 is 0 Å². The van der Waals surface area contributed by atoms with Crippen LogP contribution in [0.2, 0.25) is 0 Å². The third-order valence-corrected chi connectivity index (χ3v) is 3.75. The molecule has 4 N–H and O–H groups in total. The second kappa shape index (κ2) is 15.7. The van der Waals surface area contributed by atoms with E-state index in [-0.39, 0.29) is 5.48 Å². The van der Waals surface area contributed by atoms with E-state index in [2.05, 4.69) is 26.5 Å². The Balaban J connectivity index is 0. The van der Waals surface area contributed by atoms with E-state index in [0.29, 0.717) is 0 Å². The van der Waals surface area contributed by atoms with E-state index in [4.69, 9.17) is 0 Å². The van der Waals surface area contributed by atoms with Crippen LogP contribution in [0.4, 0.5) is 0 Å². The van der Waals surface area contributed by atoms with Crippen molar-refractivity contribution in [1.29, 1.82) is 0 Å². The van der Waals surface area contributed by atoms with Gasteiger partial charge in [-0.3, -0.25) is 0 Å². The lowest BCUT2D eigenvalue weighted by atomic mass is 9.97. The van der Waals surface area contributed by atoms with Gasteiger partial charge in [0.25, 0.3) is 0 Å². The van der Waals surface area contributed by atoms with Crippen LogP contribution in [0.5, 0.6) is 0 Å². The number of hydrogen-bond donors (Lipinski definition) is 1. The number of allylic oxidation sites excluding steroid dienone is 2. The van der Waals surface area contributed by atoms with E-state index in [1.165, 1.54) is 82.7 Å². The molecule has 116 valence electrons. The van der Waals surface area contributed by atoms with Crippen molar-refractivity contribution < 1.29 is 11.2 Å². The average molecular weight is 271 g/mol. The summed E-state index contributed by atoms with van der Waals surface area (Å²) in [5, 5.41) is 0. The Labute approximate surface area is 121 Å². The highest BCUT2D eigenvalue weighted by atomic mass is 16.0. The van der Waals surface area contributed by atoms with Crippen molar-refractivity contribution in [3.05, 3.63) is 11.3 Å². The van der Waals surface area contributed by atoms with Gasteiger partial charge in [0.05, 0.1) is 0 Å². The molecular weight excluding hydrogens is 234 g/mol. The molecular formula is C17H37NO. The maximum Gasteiger partial charge on any atom is 0.103 e. The molecule has 2 heteroatoms. The monoisotopic (exact) mass is 271 g/mol. The van der Waals surface area contributed by atoms with E-state index < -0.39 is 0 Å². The van der Waals surface area contributed by atoms with Gasteiger partial charge in [0.1, 0.15) is 5.70 Å². The Morgan fingerprint density at radius 3 is 1.37 bits per heavy atom. The molecule has 0 aliphatic rings.